The Labute approximate surface area is 195 Å². The van der Waals surface area contributed by atoms with Crippen LogP contribution in [-0.2, 0) is 10.0 Å². The summed E-state index contributed by atoms with van der Waals surface area (Å²) in [7, 11) is -3.81. The third-order valence-electron chi connectivity index (χ3n) is 4.66. The number of aliphatic imine (C=N–C) groups is 1. The van der Waals surface area contributed by atoms with Crippen molar-refractivity contribution < 1.29 is 12.9 Å². The summed E-state index contributed by atoms with van der Waals surface area (Å²) in [5.74, 6) is -0.00904. The van der Waals surface area contributed by atoms with Crippen molar-refractivity contribution in [2.45, 2.75) is 24.7 Å². The summed E-state index contributed by atoms with van der Waals surface area (Å²) in [6.07, 6.45) is 1.51. The van der Waals surface area contributed by atoms with Gasteiger partial charge in [0, 0.05) is 23.2 Å². The second kappa shape index (κ2) is 9.36. The second-order valence-electron chi connectivity index (χ2n) is 7.24. The number of nitrogens with one attached hydrogen (secondary N) is 1. The topological polar surface area (TPSA) is 121 Å². The lowest BCUT2D eigenvalue weighted by atomic mass is 10.1. The standard InChI is InChI=1S/C23H19N5O3S2/c1-15-3-5-17(6-4-15)21-14-32-23(26-21)18(12-24)13-25-19-7-9-20(10-8-19)33(29,30)28-22-11-16(2)31-27-22/h3-11,13-14,18H,1-2H3,(H,27,28). The molecule has 33 heavy (non-hydrogen) atoms. The molecule has 0 amide bonds. The van der Waals surface area contributed by atoms with E-state index in [0.717, 1.165) is 11.3 Å². The van der Waals surface area contributed by atoms with Crippen LogP contribution in [-0.4, -0.2) is 24.8 Å². The van der Waals surface area contributed by atoms with Gasteiger partial charge in [-0.3, -0.25) is 9.71 Å². The van der Waals surface area contributed by atoms with Gasteiger partial charge in [0.15, 0.2) is 5.82 Å². The Kier molecular flexibility index (Phi) is 6.35. The Bertz CT molecular complexity index is 1430. The molecular formula is C23H19N5O3S2. The van der Waals surface area contributed by atoms with E-state index in [-0.39, 0.29) is 10.7 Å². The molecule has 1 unspecified atom stereocenters. The number of aryl methyl sites for hydroxylation is 2. The molecule has 2 heterocycles. The van der Waals surface area contributed by atoms with Crippen LogP contribution in [0.5, 0.6) is 0 Å². The van der Waals surface area contributed by atoms with Crippen molar-refractivity contribution in [1.82, 2.24) is 10.1 Å². The smallest absolute Gasteiger partial charge is 0.263 e. The summed E-state index contributed by atoms with van der Waals surface area (Å²) in [6.45, 7) is 3.69. The zero-order chi connectivity index (χ0) is 23.4. The molecule has 0 aliphatic heterocycles. The van der Waals surface area contributed by atoms with Crippen molar-refractivity contribution in [1.29, 1.82) is 5.26 Å². The first-order chi connectivity index (χ1) is 15.8. The molecule has 0 saturated heterocycles. The maximum absolute atomic E-state index is 12.5. The molecule has 10 heteroatoms. The van der Waals surface area contributed by atoms with E-state index in [4.69, 9.17) is 4.52 Å². The monoisotopic (exact) mass is 477 g/mol. The number of thiazole rings is 1. The zero-order valence-corrected chi connectivity index (χ0v) is 19.4. The molecule has 166 valence electrons. The highest BCUT2D eigenvalue weighted by atomic mass is 32.2. The van der Waals surface area contributed by atoms with Crippen LogP contribution in [0, 0.1) is 25.2 Å². The zero-order valence-electron chi connectivity index (χ0n) is 17.8. The minimum absolute atomic E-state index is 0.0570. The fourth-order valence-corrected chi connectivity index (χ4v) is 4.74. The number of benzene rings is 2. The SMILES string of the molecule is Cc1ccc(-c2csc(C(C#N)C=Nc3ccc(S(=O)(=O)Nc4cc(C)on4)cc3)n2)cc1. The Morgan fingerprint density at radius 1 is 1.15 bits per heavy atom. The van der Waals surface area contributed by atoms with Gasteiger partial charge in [-0.2, -0.15) is 5.26 Å². The summed E-state index contributed by atoms with van der Waals surface area (Å²) < 4.78 is 32.2. The molecule has 1 N–H and O–H groups in total. The van der Waals surface area contributed by atoms with Crippen LogP contribution in [0.1, 0.15) is 22.2 Å². The predicted molar refractivity (Wildman–Crippen MR) is 127 cm³/mol. The average Bonchev–Trinajstić information content (AvgIpc) is 3.44. The van der Waals surface area contributed by atoms with Crippen molar-refractivity contribution >= 4 is 39.1 Å². The van der Waals surface area contributed by atoms with Gasteiger partial charge < -0.3 is 4.52 Å². The minimum Gasteiger partial charge on any atom is -0.360 e. The number of hydrogen-bond acceptors (Lipinski definition) is 8. The van der Waals surface area contributed by atoms with E-state index in [0.29, 0.717) is 16.5 Å². The van der Waals surface area contributed by atoms with E-state index in [1.807, 2.05) is 36.6 Å². The molecule has 0 saturated carbocycles. The van der Waals surface area contributed by atoms with Gasteiger partial charge in [0.2, 0.25) is 0 Å². The van der Waals surface area contributed by atoms with Crippen LogP contribution in [0.15, 0.2) is 74.4 Å². The number of nitrogens with zero attached hydrogens (tertiary/aromatic N) is 4. The molecule has 2 aromatic heterocycles. The van der Waals surface area contributed by atoms with Crippen LogP contribution in [0.25, 0.3) is 11.3 Å². The van der Waals surface area contributed by atoms with Crippen molar-refractivity contribution in [3.8, 4) is 17.3 Å². The van der Waals surface area contributed by atoms with Crippen molar-refractivity contribution in [2.75, 3.05) is 4.72 Å². The summed E-state index contributed by atoms with van der Waals surface area (Å²) in [5, 5.41) is 15.8. The highest BCUT2D eigenvalue weighted by Gasteiger charge is 2.17. The molecule has 0 spiro atoms. The van der Waals surface area contributed by atoms with Crippen molar-refractivity contribution in [2.24, 2.45) is 4.99 Å². The number of hydrogen-bond donors (Lipinski definition) is 1. The van der Waals surface area contributed by atoms with Gasteiger partial charge in [0.05, 0.1) is 22.3 Å². The molecule has 0 aliphatic rings. The first kappa shape index (κ1) is 22.4. The van der Waals surface area contributed by atoms with Crippen molar-refractivity contribution in [3.05, 3.63) is 76.3 Å². The predicted octanol–water partition coefficient (Wildman–Crippen LogP) is 5.23. The summed E-state index contributed by atoms with van der Waals surface area (Å²) in [5.41, 5.74) is 3.48. The molecule has 8 nitrogen and oxygen atoms in total. The van der Waals surface area contributed by atoms with Gasteiger partial charge in [-0.1, -0.05) is 35.0 Å². The van der Waals surface area contributed by atoms with Gasteiger partial charge >= 0.3 is 0 Å². The van der Waals surface area contributed by atoms with Gasteiger partial charge in [0.1, 0.15) is 16.7 Å². The molecule has 1 atom stereocenters. The first-order valence-corrected chi connectivity index (χ1v) is 12.2. The minimum atomic E-state index is -3.81. The van der Waals surface area contributed by atoms with Gasteiger partial charge in [-0.25, -0.2) is 13.4 Å². The van der Waals surface area contributed by atoms with Crippen LogP contribution in [0.4, 0.5) is 11.5 Å². The van der Waals surface area contributed by atoms with Crippen LogP contribution < -0.4 is 4.72 Å². The second-order valence-corrected chi connectivity index (χ2v) is 9.82. The number of anilines is 1. The Balaban J connectivity index is 1.47. The maximum atomic E-state index is 12.5. The fourth-order valence-electron chi connectivity index (χ4n) is 2.92. The van der Waals surface area contributed by atoms with E-state index in [2.05, 4.69) is 25.9 Å². The van der Waals surface area contributed by atoms with Gasteiger partial charge in [-0.15, -0.1) is 11.3 Å². The lowest BCUT2D eigenvalue weighted by Crippen LogP contribution is -2.12. The normalized spacial score (nSPS) is 12.5. The maximum Gasteiger partial charge on any atom is 0.263 e. The molecule has 0 aliphatic carbocycles. The van der Waals surface area contributed by atoms with E-state index in [9.17, 15) is 13.7 Å². The lowest BCUT2D eigenvalue weighted by molar-refractivity contribution is 0.400. The molecule has 0 fully saturated rings. The van der Waals surface area contributed by atoms with Crippen LogP contribution >= 0.6 is 11.3 Å². The van der Waals surface area contributed by atoms with Crippen molar-refractivity contribution in [3.63, 3.8) is 0 Å². The highest BCUT2D eigenvalue weighted by Crippen LogP contribution is 2.27. The summed E-state index contributed by atoms with van der Waals surface area (Å²) >= 11 is 1.40. The average molecular weight is 478 g/mol. The van der Waals surface area contributed by atoms with Gasteiger partial charge in [-0.05, 0) is 38.1 Å². The lowest BCUT2D eigenvalue weighted by Gasteiger charge is -2.05. The third kappa shape index (κ3) is 5.34. The first-order valence-electron chi connectivity index (χ1n) is 9.86. The quantitative estimate of drug-likeness (QED) is 0.364. The Morgan fingerprint density at radius 2 is 1.88 bits per heavy atom. The van der Waals surface area contributed by atoms with E-state index >= 15 is 0 Å². The number of sulfonamides is 1. The van der Waals surface area contributed by atoms with Crippen LogP contribution in [0.2, 0.25) is 0 Å². The third-order valence-corrected chi connectivity index (χ3v) is 6.96. The van der Waals surface area contributed by atoms with Gasteiger partial charge in [0.25, 0.3) is 10.0 Å². The molecule has 0 radical (unpaired) electrons. The molecule has 4 rings (SSSR count). The molecule has 4 aromatic rings. The molecule has 2 aromatic carbocycles. The highest BCUT2D eigenvalue weighted by molar-refractivity contribution is 7.92. The Morgan fingerprint density at radius 3 is 2.52 bits per heavy atom. The molecule has 0 bridgehead atoms. The fraction of sp³-hybridized carbons (Fsp3) is 0.130. The van der Waals surface area contributed by atoms with Crippen LogP contribution in [0.3, 0.4) is 0 Å². The summed E-state index contributed by atoms with van der Waals surface area (Å²) in [4.78, 5) is 8.98. The number of rotatable bonds is 7. The number of nitriles is 1. The number of aromatic nitrogens is 2. The van der Waals surface area contributed by atoms with E-state index < -0.39 is 15.9 Å². The summed E-state index contributed by atoms with van der Waals surface area (Å²) in [6, 6.07) is 17.7. The Hall–Kier alpha value is -3.81. The van der Waals surface area contributed by atoms with E-state index in [1.54, 1.807) is 19.1 Å². The largest absolute Gasteiger partial charge is 0.360 e. The van der Waals surface area contributed by atoms with E-state index in [1.165, 1.54) is 41.3 Å². The molecular weight excluding hydrogens is 458 g/mol.